The van der Waals surface area contributed by atoms with Crippen LogP contribution in [-0.2, 0) is 0 Å². The van der Waals surface area contributed by atoms with E-state index in [1.54, 1.807) is 18.0 Å². The first kappa shape index (κ1) is 15.8. The monoisotopic (exact) mass is 307 g/mol. The molecule has 0 radical (unpaired) electrons. The number of unbranched alkanes of at least 4 members (excludes halogenated alkanes) is 2. The minimum atomic E-state index is 0.167. The van der Waals surface area contributed by atoms with Crippen LogP contribution in [0.2, 0.25) is 0 Å². The lowest BCUT2D eigenvalue weighted by atomic mass is 10.3. The van der Waals surface area contributed by atoms with E-state index in [0.29, 0.717) is 23.7 Å². The molecule has 21 heavy (non-hydrogen) atoms. The lowest BCUT2D eigenvalue weighted by Crippen LogP contribution is -2.05. The van der Waals surface area contributed by atoms with Crippen molar-refractivity contribution in [1.82, 2.24) is 19.9 Å². The Morgan fingerprint density at radius 1 is 1.14 bits per heavy atom. The molecule has 0 aromatic carbocycles. The molecule has 0 aliphatic heterocycles. The molecule has 0 atom stereocenters. The molecule has 2 rings (SSSR count). The summed E-state index contributed by atoms with van der Waals surface area (Å²) in [6, 6.07) is 0. The van der Waals surface area contributed by atoms with Crippen molar-refractivity contribution in [2.24, 2.45) is 0 Å². The second-order valence-electron chi connectivity index (χ2n) is 4.67. The summed E-state index contributed by atoms with van der Waals surface area (Å²) in [7, 11) is 0. The predicted octanol–water partition coefficient (Wildman–Crippen LogP) is 3.07. The van der Waals surface area contributed by atoms with Crippen LogP contribution < -0.4 is 10.5 Å². The Labute approximate surface area is 128 Å². The summed E-state index contributed by atoms with van der Waals surface area (Å²) in [5, 5.41) is 0.847. The summed E-state index contributed by atoms with van der Waals surface area (Å²) in [6.45, 7) is 4.89. The van der Waals surface area contributed by atoms with Crippen LogP contribution in [0.4, 0.5) is 5.95 Å². The van der Waals surface area contributed by atoms with Crippen molar-refractivity contribution in [2.75, 3.05) is 18.1 Å². The molecule has 0 aliphatic carbocycles. The molecule has 114 valence electrons. The highest BCUT2D eigenvalue weighted by atomic mass is 32.2. The van der Waals surface area contributed by atoms with E-state index in [1.807, 2.05) is 0 Å². The first-order valence-electron chi connectivity index (χ1n) is 7.30. The number of anilines is 1. The van der Waals surface area contributed by atoms with Crippen LogP contribution in [-0.4, -0.2) is 32.3 Å². The molecule has 0 saturated carbocycles. The zero-order chi connectivity index (χ0) is 15.1. The molecule has 2 N–H and O–H groups in total. The van der Waals surface area contributed by atoms with Crippen molar-refractivity contribution in [3.8, 4) is 5.88 Å². The highest BCUT2D eigenvalue weighted by Crippen LogP contribution is 2.23. The molecule has 0 saturated heterocycles. The summed E-state index contributed by atoms with van der Waals surface area (Å²) in [4.78, 5) is 17.1. The van der Waals surface area contributed by atoms with E-state index in [-0.39, 0.29) is 5.95 Å². The minimum Gasteiger partial charge on any atom is -0.476 e. The minimum absolute atomic E-state index is 0.167. The van der Waals surface area contributed by atoms with Gasteiger partial charge in [0.2, 0.25) is 11.8 Å². The maximum atomic E-state index is 5.73. The van der Waals surface area contributed by atoms with E-state index in [2.05, 4.69) is 33.8 Å². The molecule has 6 nitrogen and oxygen atoms in total. The molecule has 0 unspecified atom stereocenters. The standard InChI is InChI=1S/C14H21N5OS/c1-3-5-6-7-20-13-11-12(18-14(15)19-13)17-10(9-16-11)21-8-4-2/h9H,3-8H2,1-2H3,(H2,15,17,18,19). The number of nitrogens with two attached hydrogens (primary N) is 1. The van der Waals surface area contributed by atoms with E-state index >= 15 is 0 Å². The molecule has 7 heteroatoms. The highest BCUT2D eigenvalue weighted by Gasteiger charge is 2.11. The first-order valence-corrected chi connectivity index (χ1v) is 8.29. The molecule has 2 aromatic heterocycles. The quantitative estimate of drug-likeness (QED) is 0.592. The van der Waals surface area contributed by atoms with Gasteiger partial charge in [-0.3, -0.25) is 0 Å². The summed E-state index contributed by atoms with van der Waals surface area (Å²) >= 11 is 1.66. The van der Waals surface area contributed by atoms with Gasteiger partial charge in [-0.25, -0.2) is 9.97 Å². The molecule has 0 amide bonds. The van der Waals surface area contributed by atoms with E-state index in [0.717, 1.165) is 36.5 Å². The Balaban J connectivity index is 2.20. The Bertz CT molecular complexity index is 593. The maximum absolute atomic E-state index is 5.73. The van der Waals surface area contributed by atoms with Crippen LogP contribution in [0.25, 0.3) is 11.2 Å². The summed E-state index contributed by atoms with van der Waals surface area (Å²) in [6.07, 6.45) is 6.08. The average molecular weight is 307 g/mol. The van der Waals surface area contributed by atoms with Gasteiger partial charge in [0.1, 0.15) is 5.03 Å². The maximum Gasteiger partial charge on any atom is 0.247 e. The second-order valence-corrected chi connectivity index (χ2v) is 5.79. The number of nitrogens with zero attached hydrogens (tertiary/aromatic N) is 4. The third-order valence-electron chi connectivity index (χ3n) is 2.81. The molecular weight excluding hydrogens is 286 g/mol. The average Bonchev–Trinajstić information content (AvgIpc) is 2.48. The molecule has 2 aromatic rings. The van der Waals surface area contributed by atoms with Crippen molar-refractivity contribution in [2.45, 2.75) is 44.6 Å². The fraction of sp³-hybridized carbons (Fsp3) is 0.571. The number of fused-ring (bicyclic) bond motifs is 1. The Morgan fingerprint density at radius 3 is 2.76 bits per heavy atom. The van der Waals surface area contributed by atoms with Gasteiger partial charge in [0, 0.05) is 0 Å². The summed E-state index contributed by atoms with van der Waals surface area (Å²) < 4.78 is 5.68. The summed E-state index contributed by atoms with van der Waals surface area (Å²) in [5.74, 6) is 1.59. The van der Waals surface area contributed by atoms with E-state index in [1.165, 1.54) is 0 Å². The van der Waals surface area contributed by atoms with Gasteiger partial charge in [-0.15, -0.1) is 11.8 Å². The number of thioether (sulfide) groups is 1. The van der Waals surface area contributed by atoms with E-state index in [9.17, 15) is 0 Å². The number of rotatable bonds is 8. The van der Waals surface area contributed by atoms with Gasteiger partial charge >= 0.3 is 0 Å². The molecule has 2 heterocycles. The zero-order valence-electron chi connectivity index (χ0n) is 12.5. The van der Waals surface area contributed by atoms with Gasteiger partial charge in [-0.05, 0) is 18.6 Å². The van der Waals surface area contributed by atoms with Crippen LogP contribution in [0.1, 0.15) is 39.5 Å². The normalized spacial score (nSPS) is 11.0. The Hall–Kier alpha value is -1.63. The topological polar surface area (TPSA) is 86.8 Å². The van der Waals surface area contributed by atoms with Gasteiger partial charge in [-0.2, -0.15) is 9.97 Å². The van der Waals surface area contributed by atoms with Gasteiger partial charge in [-0.1, -0.05) is 26.7 Å². The number of nitrogen functional groups attached to an aromatic ring is 1. The van der Waals surface area contributed by atoms with Crippen molar-refractivity contribution in [1.29, 1.82) is 0 Å². The van der Waals surface area contributed by atoms with Crippen molar-refractivity contribution >= 4 is 28.9 Å². The highest BCUT2D eigenvalue weighted by molar-refractivity contribution is 7.99. The van der Waals surface area contributed by atoms with Gasteiger partial charge in [0.05, 0.1) is 12.8 Å². The lowest BCUT2D eigenvalue weighted by Gasteiger charge is -2.08. The number of hydrogen-bond acceptors (Lipinski definition) is 7. The Kier molecular flexibility index (Phi) is 5.98. The molecule has 0 bridgehead atoms. The molecule has 0 aliphatic rings. The number of ether oxygens (including phenoxy) is 1. The largest absolute Gasteiger partial charge is 0.476 e. The van der Waals surface area contributed by atoms with Crippen LogP contribution in [0.3, 0.4) is 0 Å². The van der Waals surface area contributed by atoms with Crippen molar-refractivity contribution in [3.63, 3.8) is 0 Å². The van der Waals surface area contributed by atoms with Crippen LogP contribution >= 0.6 is 11.8 Å². The van der Waals surface area contributed by atoms with E-state index < -0.39 is 0 Å². The van der Waals surface area contributed by atoms with Crippen LogP contribution in [0.5, 0.6) is 5.88 Å². The molecule has 0 spiro atoms. The van der Waals surface area contributed by atoms with Gasteiger partial charge in [0.25, 0.3) is 0 Å². The van der Waals surface area contributed by atoms with Crippen LogP contribution in [0, 0.1) is 0 Å². The van der Waals surface area contributed by atoms with Gasteiger partial charge < -0.3 is 10.5 Å². The number of hydrogen-bond donors (Lipinski definition) is 1. The second kappa shape index (κ2) is 7.97. The fourth-order valence-corrected chi connectivity index (χ4v) is 2.47. The van der Waals surface area contributed by atoms with Crippen molar-refractivity contribution in [3.05, 3.63) is 6.20 Å². The van der Waals surface area contributed by atoms with E-state index in [4.69, 9.17) is 10.5 Å². The first-order chi connectivity index (χ1) is 10.2. The van der Waals surface area contributed by atoms with Gasteiger partial charge in [0.15, 0.2) is 11.2 Å². The molecule has 0 fully saturated rings. The summed E-state index contributed by atoms with van der Waals surface area (Å²) in [5.41, 5.74) is 6.79. The smallest absolute Gasteiger partial charge is 0.247 e. The van der Waals surface area contributed by atoms with Crippen molar-refractivity contribution < 1.29 is 4.74 Å². The predicted molar refractivity (Wildman–Crippen MR) is 85.6 cm³/mol. The fourth-order valence-electron chi connectivity index (χ4n) is 1.78. The SMILES string of the molecule is CCCCCOc1nc(N)nc2nc(SCCC)cnc12. The third-order valence-corrected chi connectivity index (χ3v) is 3.92. The lowest BCUT2D eigenvalue weighted by molar-refractivity contribution is 0.298. The Morgan fingerprint density at radius 2 is 2.00 bits per heavy atom. The number of aromatic nitrogens is 4. The third kappa shape index (κ3) is 4.42. The zero-order valence-corrected chi connectivity index (χ0v) is 13.3. The van der Waals surface area contributed by atoms with Crippen LogP contribution in [0.15, 0.2) is 11.2 Å². The molecular formula is C14H21N5OS.